The van der Waals surface area contributed by atoms with E-state index in [0.29, 0.717) is 0 Å². The van der Waals surface area contributed by atoms with Crippen LogP contribution in [0.25, 0.3) is 0 Å². The van der Waals surface area contributed by atoms with Crippen molar-refractivity contribution >= 4 is 23.6 Å². The van der Waals surface area contributed by atoms with Crippen LogP contribution in [0, 0.1) is 5.41 Å². The number of thiophene rings is 1. The van der Waals surface area contributed by atoms with Crippen molar-refractivity contribution in [1.82, 2.24) is 5.32 Å². The van der Waals surface area contributed by atoms with Gasteiger partial charge >= 0.3 is 0 Å². The highest BCUT2D eigenvalue weighted by Crippen LogP contribution is 2.16. The molecule has 4 N–H and O–H groups in total. The van der Waals surface area contributed by atoms with Crippen molar-refractivity contribution in [3.8, 4) is 0 Å². The third-order valence-corrected chi connectivity index (χ3v) is 2.18. The smallest absolute Gasteiger partial charge is 0.228 e. The number of guanidine groups is 1. The van der Waals surface area contributed by atoms with E-state index in [-0.39, 0.29) is 5.96 Å². The molecule has 0 spiro atoms. The van der Waals surface area contributed by atoms with Gasteiger partial charge in [0.05, 0.1) is 0 Å². The van der Waals surface area contributed by atoms with Gasteiger partial charge in [-0.25, -0.2) is 0 Å². The molecular formula is C7H8N3OS. The lowest BCUT2D eigenvalue weighted by atomic mass is 10.3. The maximum atomic E-state index is 10.4. The van der Waals surface area contributed by atoms with Gasteiger partial charge in [-0.1, -0.05) is 6.07 Å². The second kappa shape index (κ2) is 3.87. The van der Waals surface area contributed by atoms with Crippen molar-refractivity contribution in [1.29, 1.82) is 5.41 Å². The maximum Gasteiger partial charge on any atom is 0.228 e. The quantitative estimate of drug-likeness (QED) is 0.467. The molecule has 12 heavy (non-hydrogen) atoms. The molecule has 1 rings (SSSR count). The molecule has 63 valence electrons. The fraction of sp³-hybridized carbons (Fsp3) is 0.143. The van der Waals surface area contributed by atoms with Crippen molar-refractivity contribution in [3.05, 3.63) is 22.4 Å². The lowest BCUT2D eigenvalue weighted by Gasteiger charge is -2.08. The van der Waals surface area contributed by atoms with E-state index in [4.69, 9.17) is 11.1 Å². The zero-order valence-electron chi connectivity index (χ0n) is 6.20. The lowest BCUT2D eigenvalue weighted by molar-refractivity contribution is 0.539. The Bertz CT molecular complexity index is 270. The molecule has 0 aliphatic rings. The SMILES string of the molecule is N=C(N)NC([C]=O)c1cccs1. The van der Waals surface area contributed by atoms with Crippen LogP contribution < -0.4 is 11.1 Å². The number of hydrogen-bond acceptors (Lipinski definition) is 3. The molecule has 4 nitrogen and oxygen atoms in total. The Morgan fingerprint density at radius 2 is 2.58 bits per heavy atom. The largest absolute Gasteiger partial charge is 0.370 e. The number of nitrogens with two attached hydrogens (primary N) is 1. The highest BCUT2D eigenvalue weighted by molar-refractivity contribution is 7.10. The van der Waals surface area contributed by atoms with Crippen LogP contribution in [0.2, 0.25) is 0 Å². The molecular weight excluding hydrogens is 174 g/mol. The van der Waals surface area contributed by atoms with Crippen LogP contribution in [-0.4, -0.2) is 12.2 Å². The molecule has 0 aliphatic heterocycles. The second-order valence-electron chi connectivity index (χ2n) is 2.12. The molecule has 1 heterocycles. The molecule has 1 unspecified atom stereocenters. The molecule has 5 heteroatoms. The maximum absolute atomic E-state index is 10.4. The van der Waals surface area contributed by atoms with Gasteiger partial charge in [-0.3, -0.25) is 10.2 Å². The van der Waals surface area contributed by atoms with E-state index in [0.717, 1.165) is 4.88 Å². The van der Waals surface area contributed by atoms with Crippen molar-refractivity contribution in [2.45, 2.75) is 6.04 Å². The fourth-order valence-corrected chi connectivity index (χ4v) is 1.48. The molecule has 0 aromatic carbocycles. The van der Waals surface area contributed by atoms with Crippen molar-refractivity contribution in [3.63, 3.8) is 0 Å². The van der Waals surface area contributed by atoms with Gasteiger partial charge in [0.25, 0.3) is 0 Å². The van der Waals surface area contributed by atoms with Crippen LogP contribution in [0.15, 0.2) is 17.5 Å². The normalized spacial score (nSPS) is 12.0. The Labute approximate surface area is 73.9 Å². The van der Waals surface area contributed by atoms with Crippen LogP contribution in [0.5, 0.6) is 0 Å². The third-order valence-electron chi connectivity index (χ3n) is 1.25. The van der Waals surface area contributed by atoms with E-state index >= 15 is 0 Å². The van der Waals surface area contributed by atoms with Gasteiger partial charge in [0.2, 0.25) is 6.29 Å². The van der Waals surface area contributed by atoms with E-state index in [1.54, 1.807) is 12.4 Å². The van der Waals surface area contributed by atoms with Crippen LogP contribution in [-0.2, 0) is 4.79 Å². The highest BCUT2D eigenvalue weighted by Gasteiger charge is 2.11. The summed E-state index contributed by atoms with van der Waals surface area (Å²) in [5.74, 6) is -0.225. The summed E-state index contributed by atoms with van der Waals surface area (Å²) < 4.78 is 0. The molecule has 1 atom stereocenters. The minimum Gasteiger partial charge on any atom is -0.370 e. The molecule has 0 fully saturated rings. The Kier molecular flexibility index (Phi) is 2.82. The molecule has 0 saturated heterocycles. The number of rotatable bonds is 3. The Morgan fingerprint density at radius 1 is 1.83 bits per heavy atom. The number of nitrogens with one attached hydrogen (secondary N) is 2. The molecule has 0 saturated carbocycles. The standard InChI is InChI=1S/C7H8N3OS/c8-7(9)10-5(4-11)6-2-1-3-12-6/h1-3,5H,(H4,8,9,10). The Morgan fingerprint density at radius 3 is 3.00 bits per heavy atom. The first-order valence-electron chi connectivity index (χ1n) is 3.25. The minimum atomic E-state index is -0.609. The van der Waals surface area contributed by atoms with E-state index in [1.807, 2.05) is 11.4 Å². The van der Waals surface area contributed by atoms with E-state index in [9.17, 15) is 4.79 Å². The lowest BCUT2D eigenvalue weighted by Crippen LogP contribution is -2.34. The summed E-state index contributed by atoms with van der Waals surface area (Å²) in [5.41, 5.74) is 5.07. The monoisotopic (exact) mass is 182 g/mol. The van der Waals surface area contributed by atoms with Gasteiger partial charge in [-0.15, -0.1) is 11.3 Å². The first kappa shape index (κ1) is 8.73. The van der Waals surface area contributed by atoms with Crippen LogP contribution >= 0.6 is 11.3 Å². The average molecular weight is 182 g/mol. The molecule has 0 aliphatic carbocycles. The van der Waals surface area contributed by atoms with Crippen LogP contribution in [0.3, 0.4) is 0 Å². The van der Waals surface area contributed by atoms with Gasteiger partial charge in [-0.05, 0) is 11.4 Å². The van der Waals surface area contributed by atoms with E-state index < -0.39 is 6.04 Å². The van der Waals surface area contributed by atoms with Crippen molar-refractivity contribution in [2.24, 2.45) is 5.73 Å². The summed E-state index contributed by atoms with van der Waals surface area (Å²) in [5, 5.41) is 11.3. The Hall–Kier alpha value is -1.36. The Balaban J connectivity index is 2.69. The van der Waals surface area contributed by atoms with Crippen LogP contribution in [0.1, 0.15) is 10.9 Å². The molecule has 1 aromatic heterocycles. The van der Waals surface area contributed by atoms with E-state index in [2.05, 4.69) is 5.32 Å². The number of hydrogen-bond donors (Lipinski definition) is 3. The molecule has 1 aromatic rings. The molecule has 1 radical (unpaired) electrons. The van der Waals surface area contributed by atoms with E-state index in [1.165, 1.54) is 11.3 Å². The average Bonchev–Trinajstić information content (AvgIpc) is 2.51. The predicted octanol–water partition coefficient (Wildman–Crippen LogP) is 0.382. The summed E-state index contributed by atoms with van der Waals surface area (Å²) in [7, 11) is 0. The number of carbonyl (C=O) groups excluding carboxylic acids is 1. The van der Waals surface area contributed by atoms with Gasteiger partial charge in [-0.2, -0.15) is 0 Å². The summed E-state index contributed by atoms with van der Waals surface area (Å²) in [6.07, 6.45) is 1.76. The summed E-state index contributed by atoms with van der Waals surface area (Å²) in [6, 6.07) is 3.00. The predicted molar refractivity (Wildman–Crippen MR) is 47.8 cm³/mol. The summed E-state index contributed by atoms with van der Waals surface area (Å²) in [6.45, 7) is 0. The third kappa shape index (κ3) is 2.06. The molecule has 0 amide bonds. The fourth-order valence-electron chi connectivity index (χ4n) is 0.770. The van der Waals surface area contributed by atoms with Crippen LogP contribution in [0.4, 0.5) is 0 Å². The van der Waals surface area contributed by atoms with Gasteiger partial charge in [0.1, 0.15) is 6.04 Å². The topological polar surface area (TPSA) is 79.0 Å². The second-order valence-corrected chi connectivity index (χ2v) is 3.10. The highest BCUT2D eigenvalue weighted by atomic mass is 32.1. The first-order valence-corrected chi connectivity index (χ1v) is 4.13. The molecule has 0 bridgehead atoms. The zero-order chi connectivity index (χ0) is 8.97. The summed E-state index contributed by atoms with van der Waals surface area (Å²) >= 11 is 1.42. The van der Waals surface area contributed by atoms with Crippen molar-refractivity contribution < 1.29 is 4.79 Å². The first-order chi connectivity index (χ1) is 5.74. The summed E-state index contributed by atoms with van der Waals surface area (Å²) in [4.78, 5) is 11.2. The zero-order valence-corrected chi connectivity index (χ0v) is 7.02. The minimum absolute atomic E-state index is 0.225. The van der Waals surface area contributed by atoms with Gasteiger partial charge < -0.3 is 11.1 Å². The van der Waals surface area contributed by atoms with Gasteiger partial charge in [0, 0.05) is 4.88 Å². The van der Waals surface area contributed by atoms with Gasteiger partial charge in [0.15, 0.2) is 5.96 Å². The van der Waals surface area contributed by atoms with Crippen molar-refractivity contribution in [2.75, 3.05) is 0 Å².